The lowest BCUT2D eigenvalue weighted by Crippen LogP contribution is -2.20. The second-order valence-electron chi connectivity index (χ2n) is 3.95. The highest BCUT2D eigenvalue weighted by molar-refractivity contribution is 9.10. The van der Waals surface area contributed by atoms with Crippen LogP contribution in [-0.4, -0.2) is 40.5 Å². The fourth-order valence-electron chi connectivity index (χ4n) is 1.78. The Morgan fingerprint density at radius 3 is 3.06 bits per heavy atom. The normalized spacial score (nSPS) is 18.3. The number of carboxylic acid groups (broad SMARTS) is 1. The van der Waals surface area contributed by atoms with E-state index < -0.39 is 5.97 Å². The Balaban J connectivity index is 2.25. The van der Waals surface area contributed by atoms with Crippen molar-refractivity contribution in [2.24, 2.45) is 11.0 Å². The zero-order chi connectivity index (χ0) is 13.1. The first-order valence-electron chi connectivity index (χ1n) is 5.43. The van der Waals surface area contributed by atoms with Crippen molar-refractivity contribution in [2.75, 3.05) is 18.2 Å². The molecule has 6 nitrogen and oxygen atoms in total. The van der Waals surface area contributed by atoms with Gasteiger partial charge in [-0.25, -0.2) is 9.78 Å². The molecule has 0 saturated heterocycles. The van der Waals surface area contributed by atoms with Gasteiger partial charge in [0, 0.05) is 25.3 Å². The van der Waals surface area contributed by atoms with E-state index in [0.29, 0.717) is 23.3 Å². The molecule has 2 N–H and O–H groups in total. The van der Waals surface area contributed by atoms with Gasteiger partial charge in [-0.05, 0) is 28.4 Å². The Morgan fingerprint density at radius 1 is 1.61 bits per heavy atom. The first-order chi connectivity index (χ1) is 8.61. The Labute approximate surface area is 112 Å². The topological polar surface area (TPSA) is 86.0 Å². The van der Waals surface area contributed by atoms with Crippen LogP contribution in [0.1, 0.15) is 16.8 Å². The molecule has 0 saturated carbocycles. The molecule has 0 spiro atoms. The molecule has 0 radical (unpaired) electrons. The Bertz CT molecular complexity index is 492. The van der Waals surface area contributed by atoms with Gasteiger partial charge in [0.2, 0.25) is 0 Å². The number of aromatic carboxylic acids is 1. The summed E-state index contributed by atoms with van der Waals surface area (Å²) in [6, 6.07) is 1.45. The molecule has 2 heterocycles. The molecular weight excluding hydrogens is 302 g/mol. The number of hydrogen-bond donors (Lipinski definition) is 2. The number of nitrogens with zero attached hydrogens (tertiary/aromatic N) is 3. The van der Waals surface area contributed by atoms with Gasteiger partial charge in [0.15, 0.2) is 0 Å². The molecule has 2 rings (SSSR count). The lowest BCUT2D eigenvalue weighted by atomic mass is 10.1. The molecule has 1 aliphatic heterocycles. The second kappa shape index (κ2) is 5.45. The highest BCUT2D eigenvalue weighted by Gasteiger charge is 2.23. The van der Waals surface area contributed by atoms with Gasteiger partial charge in [0.25, 0.3) is 0 Å². The Morgan fingerprint density at radius 2 is 2.39 bits per heavy atom. The van der Waals surface area contributed by atoms with Crippen LogP contribution in [0.5, 0.6) is 0 Å². The molecule has 0 bridgehead atoms. The van der Waals surface area contributed by atoms with E-state index in [1.165, 1.54) is 12.3 Å². The van der Waals surface area contributed by atoms with Crippen LogP contribution in [0.2, 0.25) is 0 Å². The molecule has 0 aliphatic carbocycles. The number of pyridine rings is 1. The number of aromatic nitrogens is 1. The van der Waals surface area contributed by atoms with E-state index in [9.17, 15) is 4.79 Å². The molecule has 0 amide bonds. The van der Waals surface area contributed by atoms with Gasteiger partial charge in [0.05, 0.1) is 17.4 Å². The Kier molecular flexibility index (Phi) is 3.93. The predicted octanol–water partition coefficient (Wildman–Crippen LogP) is 1.35. The maximum Gasteiger partial charge on any atom is 0.338 e. The number of aliphatic hydroxyl groups is 1. The van der Waals surface area contributed by atoms with E-state index in [-0.39, 0.29) is 18.1 Å². The van der Waals surface area contributed by atoms with E-state index in [1.807, 2.05) is 0 Å². The number of anilines is 1. The minimum Gasteiger partial charge on any atom is -0.478 e. The molecule has 0 aromatic carbocycles. The summed E-state index contributed by atoms with van der Waals surface area (Å²) in [6.45, 7) is 0.652. The van der Waals surface area contributed by atoms with Crippen LogP contribution in [0.3, 0.4) is 0 Å². The summed E-state index contributed by atoms with van der Waals surface area (Å²) in [6.07, 6.45) is 3.82. The molecule has 0 fully saturated rings. The van der Waals surface area contributed by atoms with Crippen LogP contribution >= 0.6 is 15.9 Å². The number of carboxylic acids is 1. The van der Waals surface area contributed by atoms with Crippen molar-refractivity contribution in [1.29, 1.82) is 0 Å². The number of hydrazone groups is 1. The zero-order valence-electron chi connectivity index (χ0n) is 9.45. The summed E-state index contributed by atoms with van der Waals surface area (Å²) >= 11 is 3.15. The number of halogens is 1. The number of rotatable bonds is 4. The highest BCUT2D eigenvalue weighted by Crippen LogP contribution is 2.26. The standard InChI is InChI=1S/C11H12BrN3O3/c12-10-3-8(11(17)18)9(5-13-10)15-6-7(1-2-16)4-14-15/h3-5,7,16H,1-2,6H2,(H,17,18). The summed E-state index contributed by atoms with van der Waals surface area (Å²) in [4.78, 5) is 15.2. The van der Waals surface area contributed by atoms with E-state index in [1.54, 1.807) is 11.2 Å². The summed E-state index contributed by atoms with van der Waals surface area (Å²) in [7, 11) is 0. The largest absolute Gasteiger partial charge is 0.478 e. The third kappa shape index (κ3) is 2.68. The van der Waals surface area contributed by atoms with Crippen LogP contribution in [0.4, 0.5) is 5.69 Å². The maximum absolute atomic E-state index is 11.2. The van der Waals surface area contributed by atoms with Crippen LogP contribution < -0.4 is 5.01 Å². The van der Waals surface area contributed by atoms with Gasteiger partial charge < -0.3 is 10.2 Å². The van der Waals surface area contributed by atoms with E-state index in [2.05, 4.69) is 26.0 Å². The molecule has 1 aromatic rings. The molecule has 18 heavy (non-hydrogen) atoms. The van der Waals surface area contributed by atoms with Crippen molar-refractivity contribution in [2.45, 2.75) is 6.42 Å². The predicted molar refractivity (Wildman–Crippen MR) is 69.9 cm³/mol. The number of carbonyl (C=O) groups is 1. The summed E-state index contributed by atoms with van der Waals surface area (Å²) in [5.74, 6) is -0.880. The van der Waals surface area contributed by atoms with Gasteiger partial charge in [-0.1, -0.05) is 0 Å². The van der Waals surface area contributed by atoms with Gasteiger partial charge in [-0.15, -0.1) is 0 Å². The zero-order valence-corrected chi connectivity index (χ0v) is 11.0. The smallest absolute Gasteiger partial charge is 0.338 e. The average Bonchev–Trinajstić information content (AvgIpc) is 2.78. The van der Waals surface area contributed by atoms with Crippen molar-refractivity contribution in [3.05, 3.63) is 22.4 Å². The molecule has 7 heteroatoms. The molecule has 1 aromatic heterocycles. The minimum absolute atomic E-state index is 0.0922. The lowest BCUT2D eigenvalue weighted by Gasteiger charge is -2.17. The quantitative estimate of drug-likeness (QED) is 0.819. The first kappa shape index (κ1) is 13.0. The maximum atomic E-state index is 11.2. The highest BCUT2D eigenvalue weighted by atomic mass is 79.9. The fourth-order valence-corrected chi connectivity index (χ4v) is 2.11. The molecule has 1 aliphatic rings. The Hall–Kier alpha value is -1.47. The van der Waals surface area contributed by atoms with Crippen molar-refractivity contribution < 1.29 is 15.0 Å². The van der Waals surface area contributed by atoms with Crippen LogP contribution in [-0.2, 0) is 0 Å². The molecule has 1 atom stereocenters. The summed E-state index contributed by atoms with van der Waals surface area (Å²) in [5.41, 5.74) is 0.612. The van der Waals surface area contributed by atoms with Gasteiger partial charge >= 0.3 is 5.97 Å². The van der Waals surface area contributed by atoms with E-state index >= 15 is 0 Å². The minimum atomic E-state index is -1.02. The molecule has 96 valence electrons. The van der Waals surface area contributed by atoms with Crippen molar-refractivity contribution in [1.82, 2.24) is 4.98 Å². The van der Waals surface area contributed by atoms with Crippen molar-refractivity contribution in [3.63, 3.8) is 0 Å². The van der Waals surface area contributed by atoms with E-state index in [0.717, 1.165) is 0 Å². The first-order valence-corrected chi connectivity index (χ1v) is 6.22. The summed E-state index contributed by atoms with van der Waals surface area (Å²) < 4.78 is 0.471. The van der Waals surface area contributed by atoms with Gasteiger partial charge in [-0.2, -0.15) is 5.10 Å². The molecule has 1 unspecified atom stereocenters. The fraction of sp³-hybridized carbons (Fsp3) is 0.364. The van der Waals surface area contributed by atoms with Crippen molar-refractivity contribution in [3.8, 4) is 0 Å². The van der Waals surface area contributed by atoms with Crippen LogP contribution in [0, 0.1) is 5.92 Å². The lowest BCUT2D eigenvalue weighted by molar-refractivity contribution is 0.0697. The monoisotopic (exact) mass is 313 g/mol. The van der Waals surface area contributed by atoms with E-state index in [4.69, 9.17) is 10.2 Å². The number of aliphatic hydroxyl groups excluding tert-OH is 1. The number of hydrogen-bond acceptors (Lipinski definition) is 5. The van der Waals surface area contributed by atoms with Gasteiger partial charge in [-0.3, -0.25) is 5.01 Å². The molecular formula is C11H12BrN3O3. The van der Waals surface area contributed by atoms with Crippen LogP contribution in [0.25, 0.3) is 0 Å². The van der Waals surface area contributed by atoms with Crippen LogP contribution in [0.15, 0.2) is 22.0 Å². The third-order valence-electron chi connectivity index (χ3n) is 2.68. The third-order valence-corrected chi connectivity index (χ3v) is 3.12. The SMILES string of the molecule is O=C(O)c1cc(Br)ncc1N1CC(CCO)C=N1. The summed E-state index contributed by atoms with van der Waals surface area (Å²) in [5, 5.41) is 23.8. The second-order valence-corrected chi connectivity index (χ2v) is 4.76. The van der Waals surface area contributed by atoms with Crippen molar-refractivity contribution >= 4 is 33.8 Å². The van der Waals surface area contributed by atoms with Gasteiger partial charge in [0.1, 0.15) is 4.60 Å². The average molecular weight is 314 g/mol.